The fraction of sp³-hybridized carbons (Fsp3) is 0.412. The normalized spacial score (nSPS) is 10.5. The Morgan fingerprint density at radius 1 is 1.05 bits per heavy atom. The zero-order chi connectivity index (χ0) is 15.2. The van der Waals surface area contributed by atoms with Crippen molar-refractivity contribution in [2.75, 3.05) is 23.3 Å². The van der Waals surface area contributed by atoms with E-state index in [1.165, 1.54) is 5.56 Å². The monoisotopic (exact) mass is 284 g/mol. The van der Waals surface area contributed by atoms with Crippen molar-refractivity contribution >= 4 is 17.5 Å². The van der Waals surface area contributed by atoms with Crippen LogP contribution in [-0.2, 0) is 0 Å². The van der Waals surface area contributed by atoms with Crippen molar-refractivity contribution in [1.29, 1.82) is 0 Å². The van der Waals surface area contributed by atoms with E-state index in [0.29, 0.717) is 5.95 Å². The molecule has 1 N–H and O–H groups in total. The largest absolute Gasteiger partial charge is 0.354 e. The molecular weight excluding hydrogens is 260 g/mol. The SMILES string of the molecule is CCCNc1nc(C)cc(N(CC)c2ccc(C)cc2)n1. The number of aryl methyl sites for hydroxylation is 2. The summed E-state index contributed by atoms with van der Waals surface area (Å²) in [7, 11) is 0. The van der Waals surface area contributed by atoms with Gasteiger partial charge in [-0.15, -0.1) is 0 Å². The number of aromatic nitrogens is 2. The molecule has 0 bridgehead atoms. The van der Waals surface area contributed by atoms with Crippen LogP contribution in [0.5, 0.6) is 0 Å². The van der Waals surface area contributed by atoms with Crippen LogP contribution in [0.15, 0.2) is 30.3 Å². The number of hydrogen-bond acceptors (Lipinski definition) is 4. The zero-order valence-corrected chi connectivity index (χ0v) is 13.3. The molecule has 0 aliphatic heterocycles. The summed E-state index contributed by atoms with van der Waals surface area (Å²) in [6.45, 7) is 10.1. The van der Waals surface area contributed by atoms with Gasteiger partial charge < -0.3 is 10.2 Å². The summed E-state index contributed by atoms with van der Waals surface area (Å²) >= 11 is 0. The molecule has 4 heteroatoms. The van der Waals surface area contributed by atoms with Crippen LogP contribution in [-0.4, -0.2) is 23.1 Å². The molecule has 0 atom stereocenters. The summed E-state index contributed by atoms with van der Waals surface area (Å²) in [4.78, 5) is 11.3. The molecular formula is C17H24N4. The van der Waals surface area contributed by atoms with Crippen LogP contribution in [0.25, 0.3) is 0 Å². The minimum atomic E-state index is 0.706. The highest BCUT2D eigenvalue weighted by Gasteiger charge is 2.11. The van der Waals surface area contributed by atoms with Crippen LogP contribution in [0.4, 0.5) is 17.5 Å². The molecule has 112 valence electrons. The fourth-order valence-corrected chi connectivity index (χ4v) is 2.21. The molecule has 0 amide bonds. The third kappa shape index (κ3) is 3.94. The van der Waals surface area contributed by atoms with Crippen molar-refractivity contribution in [3.05, 3.63) is 41.6 Å². The molecule has 2 aromatic rings. The van der Waals surface area contributed by atoms with E-state index in [-0.39, 0.29) is 0 Å². The predicted octanol–water partition coefficient (Wildman–Crippen LogP) is 4.07. The highest BCUT2D eigenvalue weighted by atomic mass is 15.2. The lowest BCUT2D eigenvalue weighted by molar-refractivity contribution is 0.927. The zero-order valence-electron chi connectivity index (χ0n) is 13.3. The Morgan fingerprint density at radius 2 is 1.76 bits per heavy atom. The fourth-order valence-electron chi connectivity index (χ4n) is 2.21. The van der Waals surface area contributed by atoms with Gasteiger partial charge in [0.25, 0.3) is 0 Å². The highest BCUT2D eigenvalue weighted by Crippen LogP contribution is 2.25. The first-order valence-electron chi connectivity index (χ1n) is 7.57. The molecule has 0 fully saturated rings. The van der Waals surface area contributed by atoms with E-state index in [1.807, 2.05) is 13.0 Å². The Morgan fingerprint density at radius 3 is 2.38 bits per heavy atom. The maximum atomic E-state index is 4.64. The number of nitrogens with zero attached hydrogens (tertiary/aromatic N) is 3. The second-order valence-corrected chi connectivity index (χ2v) is 5.20. The van der Waals surface area contributed by atoms with Crippen molar-refractivity contribution in [1.82, 2.24) is 9.97 Å². The minimum absolute atomic E-state index is 0.706. The van der Waals surface area contributed by atoms with Crippen LogP contribution in [0.3, 0.4) is 0 Å². The van der Waals surface area contributed by atoms with Crippen molar-refractivity contribution in [3.8, 4) is 0 Å². The molecule has 2 rings (SSSR count). The summed E-state index contributed by atoms with van der Waals surface area (Å²) < 4.78 is 0. The van der Waals surface area contributed by atoms with Gasteiger partial charge in [-0.3, -0.25) is 0 Å². The number of anilines is 3. The maximum Gasteiger partial charge on any atom is 0.224 e. The number of hydrogen-bond donors (Lipinski definition) is 1. The van der Waals surface area contributed by atoms with Crippen molar-refractivity contribution in [3.63, 3.8) is 0 Å². The number of benzene rings is 1. The number of nitrogens with one attached hydrogen (secondary N) is 1. The van der Waals surface area contributed by atoms with Gasteiger partial charge in [-0.2, -0.15) is 4.98 Å². The van der Waals surface area contributed by atoms with E-state index in [0.717, 1.165) is 36.7 Å². The summed E-state index contributed by atoms with van der Waals surface area (Å²) in [5.74, 6) is 1.64. The first-order chi connectivity index (χ1) is 10.1. The standard InChI is InChI=1S/C17H24N4/c1-5-11-18-17-19-14(4)12-16(20-17)21(6-2)15-9-7-13(3)8-10-15/h7-10,12H,5-6,11H2,1-4H3,(H,18,19,20). The van der Waals surface area contributed by atoms with E-state index in [9.17, 15) is 0 Å². The van der Waals surface area contributed by atoms with Crippen LogP contribution in [0.2, 0.25) is 0 Å². The molecule has 0 saturated heterocycles. The van der Waals surface area contributed by atoms with Gasteiger partial charge in [-0.1, -0.05) is 24.6 Å². The average molecular weight is 284 g/mol. The first kappa shape index (κ1) is 15.3. The molecule has 0 spiro atoms. The molecule has 1 aromatic heterocycles. The average Bonchev–Trinajstić information content (AvgIpc) is 2.47. The van der Waals surface area contributed by atoms with E-state index in [1.54, 1.807) is 0 Å². The molecule has 21 heavy (non-hydrogen) atoms. The van der Waals surface area contributed by atoms with Crippen LogP contribution < -0.4 is 10.2 Å². The van der Waals surface area contributed by atoms with Gasteiger partial charge in [-0.05, 0) is 39.3 Å². The summed E-state index contributed by atoms with van der Waals surface area (Å²) in [5.41, 5.74) is 3.39. The van der Waals surface area contributed by atoms with Gasteiger partial charge in [0.2, 0.25) is 5.95 Å². The summed E-state index contributed by atoms with van der Waals surface area (Å²) in [6, 6.07) is 10.6. The molecule has 0 aliphatic carbocycles. The Balaban J connectivity index is 2.32. The molecule has 0 saturated carbocycles. The predicted molar refractivity (Wildman–Crippen MR) is 89.4 cm³/mol. The Hall–Kier alpha value is -2.10. The Kier molecular flexibility index (Phi) is 5.14. The lowest BCUT2D eigenvalue weighted by Gasteiger charge is -2.23. The molecule has 0 aliphatic rings. The van der Waals surface area contributed by atoms with Gasteiger partial charge >= 0.3 is 0 Å². The van der Waals surface area contributed by atoms with Crippen LogP contribution >= 0.6 is 0 Å². The van der Waals surface area contributed by atoms with E-state index < -0.39 is 0 Å². The third-order valence-electron chi connectivity index (χ3n) is 3.31. The van der Waals surface area contributed by atoms with Gasteiger partial charge in [0.1, 0.15) is 5.82 Å². The highest BCUT2D eigenvalue weighted by molar-refractivity contribution is 5.61. The quantitative estimate of drug-likeness (QED) is 0.868. The van der Waals surface area contributed by atoms with Crippen molar-refractivity contribution < 1.29 is 0 Å². The topological polar surface area (TPSA) is 41.1 Å². The maximum absolute atomic E-state index is 4.64. The molecule has 0 radical (unpaired) electrons. The lowest BCUT2D eigenvalue weighted by Crippen LogP contribution is -2.19. The van der Waals surface area contributed by atoms with Crippen molar-refractivity contribution in [2.45, 2.75) is 34.1 Å². The van der Waals surface area contributed by atoms with Gasteiger partial charge in [-0.25, -0.2) is 4.98 Å². The number of rotatable bonds is 6. The molecule has 1 heterocycles. The third-order valence-corrected chi connectivity index (χ3v) is 3.31. The van der Waals surface area contributed by atoms with E-state index in [4.69, 9.17) is 0 Å². The van der Waals surface area contributed by atoms with Gasteiger partial charge in [0.15, 0.2) is 0 Å². The van der Waals surface area contributed by atoms with Crippen LogP contribution in [0, 0.1) is 13.8 Å². The molecule has 0 unspecified atom stereocenters. The Bertz CT molecular complexity index is 578. The smallest absolute Gasteiger partial charge is 0.224 e. The van der Waals surface area contributed by atoms with Crippen molar-refractivity contribution in [2.24, 2.45) is 0 Å². The lowest BCUT2D eigenvalue weighted by atomic mass is 10.2. The first-order valence-corrected chi connectivity index (χ1v) is 7.57. The van der Waals surface area contributed by atoms with Crippen LogP contribution in [0.1, 0.15) is 31.5 Å². The molecule has 4 nitrogen and oxygen atoms in total. The summed E-state index contributed by atoms with van der Waals surface area (Å²) in [6.07, 6.45) is 1.06. The van der Waals surface area contributed by atoms with E-state index >= 15 is 0 Å². The van der Waals surface area contributed by atoms with Gasteiger partial charge in [0.05, 0.1) is 0 Å². The Labute approximate surface area is 127 Å². The summed E-state index contributed by atoms with van der Waals surface area (Å²) in [5, 5.41) is 3.27. The van der Waals surface area contributed by atoms with E-state index in [2.05, 4.69) is 65.2 Å². The second-order valence-electron chi connectivity index (χ2n) is 5.20. The van der Waals surface area contributed by atoms with Gasteiger partial charge in [0, 0.05) is 30.5 Å². The second kappa shape index (κ2) is 7.07. The molecule has 1 aromatic carbocycles. The minimum Gasteiger partial charge on any atom is -0.354 e.